The molecule has 0 radical (unpaired) electrons. The maximum absolute atomic E-state index is 12.4. The lowest BCUT2D eigenvalue weighted by Crippen LogP contribution is -2.34. The quantitative estimate of drug-likeness (QED) is 0.563. The highest BCUT2D eigenvalue weighted by molar-refractivity contribution is 9.10. The van der Waals surface area contributed by atoms with Crippen LogP contribution in [0.25, 0.3) is 0 Å². The third kappa shape index (κ3) is 2.98. The van der Waals surface area contributed by atoms with E-state index in [2.05, 4.69) is 31.9 Å². The van der Waals surface area contributed by atoms with E-state index in [0.717, 1.165) is 41.5 Å². The van der Waals surface area contributed by atoms with Crippen molar-refractivity contribution in [3.8, 4) is 0 Å². The minimum Gasteiger partial charge on any atom is -0.312 e. The number of fused-ring (bicyclic) bond motifs is 1. The van der Waals surface area contributed by atoms with Crippen molar-refractivity contribution in [2.75, 3.05) is 11.4 Å². The maximum Gasteiger partial charge on any atom is 0.223 e. The molecule has 1 aromatic carbocycles. The first-order chi connectivity index (χ1) is 9.45. The SMILES string of the molecule is CCC(Br)C(=O)c1cc2c(cc1Br)CCCN2C(C)=O. The van der Waals surface area contributed by atoms with Crippen molar-refractivity contribution in [2.24, 2.45) is 0 Å². The van der Waals surface area contributed by atoms with E-state index in [1.807, 2.05) is 19.1 Å². The van der Waals surface area contributed by atoms with E-state index in [-0.39, 0.29) is 16.5 Å². The van der Waals surface area contributed by atoms with E-state index in [9.17, 15) is 9.59 Å². The fourth-order valence-electron chi connectivity index (χ4n) is 2.47. The van der Waals surface area contributed by atoms with Gasteiger partial charge in [-0.15, -0.1) is 0 Å². The van der Waals surface area contributed by atoms with Crippen LogP contribution >= 0.6 is 31.9 Å². The van der Waals surface area contributed by atoms with Gasteiger partial charge < -0.3 is 4.90 Å². The summed E-state index contributed by atoms with van der Waals surface area (Å²) in [6, 6.07) is 3.83. The van der Waals surface area contributed by atoms with Crippen LogP contribution in [0.3, 0.4) is 0 Å². The zero-order chi connectivity index (χ0) is 14.9. The third-order valence-electron chi connectivity index (χ3n) is 3.58. The van der Waals surface area contributed by atoms with Gasteiger partial charge >= 0.3 is 0 Å². The number of hydrogen-bond acceptors (Lipinski definition) is 2. The van der Waals surface area contributed by atoms with Crippen LogP contribution in [-0.2, 0) is 11.2 Å². The number of benzene rings is 1. The van der Waals surface area contributed by atoms with E-state index >= 15 is 0 Å². The highest BCUT2D eigenvalue weighted by atomic mass is 79.9. The van der Waals surface area contributed by atoms with Crippen molar-refractivity contribution in [2.45, 2.75) is 37.9 Å². The predicted molar refractivity (Wildman–Crippen MR) is 87.8 cm³/mol. The number of amides is 1. The smallest absolute Gasteiger partial charge is 0.223 e. The zero-order valence-electron chi connectivity index (χ0n) is 11.6. The molecule has 0 spiro atoms. The van der Waals surface area contributed by atoms with Crippen LogP contribution in [0.4, 0.5) is 5.69 Å². The summed E-state index contributed by atoms with van der Waals surface area (Å²) in [7, 11) is 0. The average molecular weight is 403 g/mol. The Hall–Kier alpha value is -0.680. The molecule has 1 aromatic rings. The highest BCUT2D eigenvalue weighted by Crippen LogP contribution is 2.34. The van der Waals surface area contributed by atoms with E-state index in [1.165, 1.54) is 0 Å². The molecular weight excluding hydrogens is 386 g/mol. The van der Waals surface area contributed by atoms with E-state index < -0.39 is 0 Å². The topological polar surface area (TPSA) is 37.4 Å². The number of rotatable bonds is 3. The predicted octanol–water partition coefficient (Wildman–Crippen LogP) is 4.10. The van der Waals surface area contributed by atoms with Crippen LogP contribution in [0.1, 0.15) is 42.6 Å². The summed E-state index contributed by atoms with van der Waals surface area (Å²) >= 11 is 6.89. The van der Waals surface area contributed by atoms with E-state index in [0.29, 0.717) is 5.56 Å². The van der Waals surface area contributed by atoms with Crippen LogP contribution in [0.2, 0.25) is 0 Å². The summed E-state index contributed by atoms with van der Waals surface area (Å²) in [4.78, 5) is 25.7. The van der Waals surface area contributed by atoms with E-state index in [4.69, 9.17) is 0 Å². The molecule has 2 rings (SSSR count). The third-order valence-corrected chi connectivity index (χ3v) is 5.29. The zero-order valence-corrected chi connectivity index (χ0v) is 14.8. The molecule has 0 saturated carbocycles. The maximum atomic E-state index is 12.4. The van der Waals surface area contributed by atoms with Gasteiger partial charge in [0, 0.05) is 29.2 Å². The van der Waals surface area contributed by atoms with Crippen molar-refractivity contribution in [1.29, 1.82) is 0 Å². The molecule has 1 atom stereocenters. The molecule has 1 aliphatic rings. The van der Waals surface area contributed by atoms with Crippen molar-refractivity contribution in [1.82, 2.24) is 0 Å². The first-order valence-electron chi connectivity index (χ1n) is 6.74. The standard InChI is InChI=1S/C15H17Br2NO2/c1-3-12(16)15(20)11-8-14-10(7-13(11)17)5-4-6-18(14)9(2)19/h7-8,12H,3-6H2,1-2H3. The molecule has 1 aliphatic heterocycles. The minimum atomic E-state index is -0.189. The Labute approximate surface area is 136 Å². The number of nitrogens with zero attached hydrogens (tertiary/aromatic N) is 1. The van der Waals surface area contributed by atoms with Gasteiger partial charge in [0.2, 0.25) is 5.91 Å². The molecule has 0 N–H and O–H groups in total. The fourth-order valence-corrected chi connectivity index (χ4v) is 3.31. The molecule has 108 valence electrons. The fraction of sp³-hybridized carbons (Fsp3) is 0.467. The summed E-state index contributed by atoms with van der Waals surface area (Å²) in [6.07, 6.45) is 2.64. The van der Waals surface area contributed by atoms with Gasteiger partial charge in [0.15, 0.2) is 5.78 Å². The van der Waals surface area contributed by atoms with Gasteiger partial charge in [-0.3, -0.25) is 9.59 Å². The molecule has 0 bridgehead atoms. The van der Waals surface area contributed by atoms with Crippen molar-refractivity contribution in [3.05, 3.63) is 27.7 Å². The number of halogens is 2. The molecule has 3 nitrogen and oxygen atoms in total. The molecule has 20 heavy (non-hydrogen) atoms. The second-order valence-corrected chi connectivity index (χ2v) is 6.93. The molecular formula is C15H17Br2NO2. The second-order valence-electron chi connectivity index (χ2n) is 4.98. The molecule has 0 saturated heterocycles. The number of alkyl halides is 1. The Kier molecular flexibility index (Phi) is 5.02. The molecule has 0 aliphatic carbocycles. The Morgan fingerprint density at radius 3 is 2.70 bits per heavy atom. The number of aryl methyl sites for hydroxylation is 1. The number of hydrogen-bond donors (Lipinski definition) is 0. The molecule has 0 fully saturated rings. The Balaban J connectivity index is 2.49. The summed E-state index contributed by atoms with van der Waals surface area (Å²) in [6.45, 7) is 4.26. The van der Waals surface area contributed by atoms with Crippen molar-refractivity contribution >= 4 is 49.2 Å². The summed E-state index contributed by atoms with van der Waals surface area (Å²) in [5, 5.41) is 0. The summed E-state index contributed by atoms with van der Waals surface area (Å²) in [5.41, 5.74) is 2.64. The molecule has 0 aromatic heterocycles. The van der Waals surface area contributed by atoms with Gasteiger partial charge in [0.05, 0.1) is 4.83 Å². The van der Waals surface area contributed by atoms with Gasteiger partial charge in [-0.2, -0.15) is 0 Å². The molecule has 1 heterocycles. The summed E-state index contributed by atoms with van der Waals surface area (Å²) < 4.78 is 0.810. The first-order valence-corrected chi connectivity index (χ1v) is 8.45. The average Bonchev–Trinajstić information content (AvgIpc) is 2.43. The lowest BCUT2D eigenvalue weighted by atomic mass is 9.97. The Morgan fingerprint density at radius 1 is 1.40 bits per heavy atom. The van der Waals surface area contributed by atoms with Gasteiger partial charge in [-0.1, -0.05) is 38.8 Å². The van der Waals surface area contributed by atoms with Gasteiger partial charge in [-0.05, 0) is 37.0 Å². The normalized spacial score (nSPS) is 15.7. The molecule has 1 unspecified atom stereocenters. The number of ketones is 1. The number of anilines is 1. The van der Waals surface area contributed by atoms with Gasteiger partial charge in [0.1, 0.15) is 0 Å². The Morgan fingerprint density at radius 2 is 2.10 bits per heavy atom. The lowest BCUT2D eigenvalue weighted by Gasteiger charge is -2.29. The van der Waals surface area contributed by atoms with E-state index in [1.54, 1.807) is 11.8 Å². The first kappa shape index (κ1) is 15.7. The molecule has 5 heteroatoms. The highest BCUT2D eigenvalue weighted by Gasteiger charge is 2.25. The van der Waals surface area contributed by atoms with Crippen LogP contribution in [0.5, 0.6) is 0 Å². The monoisotopic (exact) mass is 401 g/mol. The van der Waals surface area contributed by atoms with Gasteiger partial charge in [-0.25, -0.2) is 0 Å². The van der Waals surface area contributed by atoms with Crippen molar-refractivity contribution < 1.29 is 9.59 Å². The number of carbonyl (C=O) groups excluding carboxylic acids is 2. The number of carbonyl (C=O) groups is 2. The Bertz CT molecular complexity index is 557. The van der Waals surface area contributed by atoms with Crippen LogP contribution in [0.15, 0.2) is 16.6 Å². The lowest BCUT2D eigenvalue weighted by molar-refractivity contribution is -0.116. The number of Topliss-reactive ketones (excluding diaryl/α,β-unsaturated/α-hetero) is 1. The largest absolute Gasteiger partial charge is 0.312 e. The van der Waals surface area contributed by atoms with Crippen LogP contribution in [0, 0.1) is 0 Å². The van der Waals surface area contributed by atoms with Crippen LogP contribution in [-0.4, -0.2) is 23.1 Å². The minimum absolute atomic E-state index is 0.0255. The van der Waals surface area contributed by atoms with Crippen LogP contribution < -0.4 is 4.90 Å². The second kappa shape index (κ2) is 6.39. The van der Waals surface area contributed by atoms with Gasteiger partial charge in [0.25, 0.3) is 0 Å². The van der Waals surface area contributed by atoms with Crippen molar-refractivity contribution in [3.63, 3.8) is 0 Å². The summed E-state index contributed by atoms with van der Waals surface area (Å²) in [5.74, 6) is 0.0776. The molecule has 1 amide bonds.